The van der Waals surface area contributed by atoms with Crippen LogP contribution in [0.4, 0.5) is 24.9 Å². The molecule has 0 saturated heterocycles. The number of hydrogen-bond donors (Lipinski definition) is 1. The van der Waals surface area contributed by atoms with Gasteiger partial charge in [-0.3, -0.25) is 4.98 Å². The minimum absolute atomic E-state index is 0.191. The Balaban J connectivity index is 1.35. The van der Waals surface area contributed by atoms with Crippen LogP contribution in [-0.2, 0) is 0 Å². The van der Waals surface area contributed by atoms with Crippen molar-refractivity contribution >= 4 is 33.7 Å². The van der Waals surface area contributed by atoms with Gasteiger partial charge in [0, 0.05) is 23.3 Å². The van der Waals surface area contributed by atoms with Gasteiger partial charge >= 0.3 is 6.36 Å². The monoisotopic (exact) mass is 437 g/mol. The molecular formula is C23H14F3N3O3. The van der Waals surface area contributed by atoms with Crippen LogP contribution in [-0.4, -0.2) is 16.3 Å². The SMILES string of the molecule is FC(F)(F)Oc1ccc(Nc2nc3cc(Oc4ccnc5ccccc45)ccc3o2)cc1. The summed E-state index contributed by atoms with van der Waals surface area (Å²) < 4.78 is 52.4. The third-order valence-corrected chi connectivity index (χ3v) is 4.54. The van der Waals surface area contributed by atoms with Gasteiger partial charge in [0.05, 0.1) is 5.52 Å². The van der Waals surface area contributed by atoms with Gasteiger partial charge in [0.25, 0.3) is 6.01 Å². The zero-order chi connectivity index (χ0) is 22.1. The topological polar surface area (TPSA) is 69.4 Å². The molecule has 9 heteroatoms. The quantitative estimate of drug-likeness (QED) is 0.326. The molecule has 0 saturated carbocycles. The summed E-state index contributed by atoms with van der Waals surface area (Å²) in [4.78, 5) is 8.69. The van der Waals surface area contributed by atoms with E-state index >= 15 is 0 Å². The summed E-state index contributed by atoms with van der Waals surface area (Å²) in [5.41, 5.74) is 2.40. The van der Waals surface area contributed by atoms with E-state index in [1.54, 1.807) is 30.5 Å². The van der Waals surface area contributed by atoms with E-state index in [4.69, 9.17) is 9.15 Å². The fourth-order valence-electron chi connectivity index (χ4n) is 3.17. The molecule has 0 bridgehead atoms. The molecule has 1 N–H and O–H groups in total. The Kier molecular flexibility index (Phi) is 4.78. The number of pyridine rings is 1. The van der Waals surface area contributed by atoms with Crippen LogP contribution >= 0.6 is 0 Å². The second kappa shape index (κ2) is 7.77. The number of para-hydroxylation sites is 1. The third kappa shape index (κ3) is 4.27. The zero-order valence-corrected chi connectivity index (χ0v) is 16.3. The van der Waals surface area contributed by atoms with Crippen LogP contribution in [0.1, 0.15) is 0 Å². The highest BCUT2D eigenvalue weighted by molar-refractivity contribution is 5.85. The predicted octanol–water partition coefficient (Wildman–Crippen LogP) is 6.81. The van der Waals surface area contributed by atoms with E-state index in [1.807, 2.05) is 24.3 Å². The molecule has 2 aromatic heterocycles. The molecule has 0 aliphatic heterocycles. The number of rotatable bonds is 5. The second-order valence-corrected chi connectivity index (χ2v) is 6.77. The van der Waals surface area contributed by atoms with Crippen LogP contribution in [0, 0.1) is 0 Å². The molecule has 2 heterocycles. The summed E-state index contributed by atoms with van der Waals surface area (Å²) in [7, 11) is 0. The lowest BCUT2D eigenvalue weighted by Crippen LogP contribution is -2.16. The molecule has 0 amide bonds. The summed E-state index contributed by atoms with van der Waals surface area (Å²) in [6, 6.07) is 20.1. The maximum absolute atomic E-state index is 12.3. The number of nitrogens with one attached hydrogen (secondary N) is 1. The average Bonchev–Trinajstić information content (AvgIpc) is 3.16. The van der Waals surface area contributed by atoms with Crippen LogP contribution in [0.25, 0.3) is 22.0 Å². The lowest BCUT2D eigenvalue weighted by Gasteiger charge is -2.09. The Hall–Kier alpha value is -4.27. The minimum atomic E-state index is -4.74. The second-order valence-electron chi connectivity index (χ2n) is 6.77. The normalized spacial score (nSPS) is 11.6. The Labute approximate surface area is 179 Å². The van der Waals surface area contributed by atoms with Crippen molar-refractivity contribution in [3.05, 3.63) is 79.0 Å². The fraction of sp³-hybridized carbons (Fsp3) is 0.0435. The Morgan fingerprint density at radius 1 is 0.844 bits per heavy atom. The standard InChI is InChI=1S/C23H14F3N3O3/c24-23(25,26)32-15-7-5-14(6-8-15)28-22-29-19-13-16(9-10-21(19)31-22)30-20-11-12-27-18-4-2-1-3-17(18)20/h1-13H,(H,28,29). The maximum Gasteiger partial charge on any atom is 0.573 e. The van der Waals surface area contributed by atoms with E-state index in [2.05, 4.69) is 20.0 Å². The summed E-state index contributed by atoms with van der Waals surface area (Å²) in [6.07, 6.45) is -3.06. The molecule has 5 aromatic rings. The van der Waals surface area contributed by atoms with Gasteiger partial charge < -0.3 is 19.2 Å². The van der Waals surface area contributed by atoms with Crippen LogP contribution < -0.4 is 14.8 Å². The molecule has 0 aliphatic rings. The molecule has 160 valence electrons. The van der Waals surface area contributed by atoms with Crippen molar-refractivity contribution in [2.45, 2.75) is 6.36 Å². The van der Waals surface area contributed by atoms with Gasteiger partial charge in [-0.05, 0) is 54.6 Å². The molecule has 0 unspecified atom stereocenters. The van der Waals surface area contributed by atoms with Gasteiger partial charge in [-0.2, -0.15) is 4.98 Å². The zero-order valence-electron chi connectivity index (χ0n) is 16.3. The largest absolute Gasteiger partial charge is 0.573 e. The molecule has 32 heavy (non-hydrogen) atoms. The number of alkyl halides is 3. The Morgan fingerprint density at radius 2 is 1.62 bits per heavy atom. The van der Waals surface area contributed by atoms with E-state index in [0.717, 1.165) is 10.9 Å². The number of nitrogens with zero attached hydrogens (tertiary/aromatic N) is 2. The molecule has 3 aromatic carbocycles. The number of aromatic nitrogens is 2. The summed E-state index contributed by atoms with van der Waals surface area (Å²) in [5.74, 6) is 0.923. The van der Waals surface area contributed by atoms with Crippen molar-refractivity contribution in [1.82, 2.24) is 9.97 Å². The van der Waals surface area contributed by atoms with E-state index in [1.165, 1.54) is 24.3 Å². The first kappa shape index (κ1) is 19.7. The summed E-state index contributed by atoms with van der Waals surface area (Å²) in [5, 5.41) is 3.80. The highest BCUT2D eigenvalue weighted by Gasteiger charge is 2.30. The van der Waals surface area contributed by atoms with Crippen LogP contribution in [0.15, 0.2) is 83.4 Å². The number of benzene rings is 3. The van der Waals surface area contributed by atoms with Crippen LogP contribution in [0.3, 0.4) is 0 Å². The van der Waals surface area contributed by atoms with Gasteiger partial charge in [0.2, 0.25) is 0 Å². The smallest absolute Gasteiger partial charge is 0.457 e. The molecule has 0 fully saturated rings. The molecule has 6 nitrogen and oxygen atoms in total. The highest BCUT2D eigenvalue weighted by Crippen LogP contribution is 2.32. The number of halogens is 3. The minimum Gasteiger partial charge on any atom is -0.457 e. The molecular weight excluding hydrogens is 423 g/mol. The Morgan fingerprint density at radius 3 is 2.44 bits per heavy atom. The van der Waals surface area contributed by atoms with Gasteiger partial charge in [-0.15, -0.1) is 13.2 Å². The first-order valence-corrected chi connectivity index (χ1v) is 9.48. The number of hydrogen-bond acceptors (Lipinski definition) is 6. The molecule has 5 rings (SSSR count). The number of ether oxygens (including phenoxy) is 2. The van der Waals surface area contributed by atoms with Crippen molar-refractivity contribution in [2.75, 3.05) is 5.32 Å². The predicted molar refractivity (Wildman–Crippen MR) is 112 cm³/mol. The highest BCUT2D eigenvalue weighted by atomic mass is 19.4. The number of anilines is 2. The lowest BCUT2D eigenvalue weighted by molar-refractivity contribution is -0.274. The molecule has 0 spiro atoms. The first-order valence-electron chi connectivity index (χ1n) is 9.48. The van der Waals surface area contributed by atoms with Crippen molar-refractivity contribution in [3.8, 4) is 17.2 Å². The van der Waals surface area contributed by atoms with E-state index in [9.17, 15) is 13.2 Å². The maximum atomic E-state index is 12.3. The van der Waals surface area contributed by atoms with Crippen molar-refractivity contribution in [3.63, 3.8) is 0 Å². The summed E-state index contributed by atoms with van der Waals surface area (Å²) >= 11 is 0. The van der Waals surface area contributed by atoms with Gasteiger partial charge in [0.1, 0.15) is 22.8 Å². The van der Waals surface area contributed by atoms with Crippen molar-refractivity contribution in [1.29, 1.82) is 0 Å². The lowest BCUT2D eigenvalue weighted by atomic mass is 10.2. The van der Waals surface area contributed by atoms with Gasteiger partial charge in [0.15, 0.2) is 5.58 Å². The number of oxazole rings is 1. The van der Waals surface area contributed by atoms with Crippen molar-refractivity contribution in [2.24, 2.45) is 0 Å². The van der Waals surface area contributed by atoms with E-state index in [-0.39, 0.29) is 11.8 Å². The average molecular weight is 437 g/mol. The molecule has 0 aliphatic carbocycles. The first-order chi connectivity index (χ1) is 15.4. The number of fused-ring (bicyclic) bond motifs is 2. The van der Waals surface area contributed by atoms with E-state index < -0.39 is 6.36 Å². The van der Waals surface area contributed by atoms with Crippen molar-refractivity contribution < 1.29 is 27.1 Å². The molecule has 0 atom stereocenters. The van der Waals surface area contributed by atoms with Crippen LogP contribution in [0.2, 0.25) is 0 Å². The Bertz CT molecular complexity index is 1390. The fourth-order valence-corrected chi connectivity index (χ4v) is 3.17. The third-order valence-electron chi connectivity index (χ3n) is 4.54. The molecule has 0 radical (unpaired) electrons. The van der Waals surface area contributed by atoms with Gasteiger partial charge in [-0.25, -0.2) is 0 Å². The van der Waals surface area contributed by atoms with E-state index in [0.29, 0.717) is 28.3 Å². The van der Waals surface area contributed by atoms with Crippen LogP contribution in [0.5, 0.6) is 17.2 Å². The van der Waals surface area contributed by atoms with Gasteiger partial charge in [-0.1, -0.05) is 12.1 Å². The summed E-state index contributed by atoms with van der Waals surface area (Å²) in [6.45, 7) is 0.